The number of terminal acetylenes is 1. The number of amidine groups is 1. The Kier molecular flexibility index (Phi) is 24.5. The Morgan fingerprint density at radius 2 is 1.70 bits per heavy atom. The van der Waals surface area contributed by atoms with E-state index in [1.54, 1.807) is 18.7 Å². The summed E-state index contributed by atoms with van der Waals surface area (Å²) in [5.41, 5.74) is 0. The molecular formula is C27H52N4OS. The Labute approximate surface area is 210 Å². The minimum Gasteiger partial charge on any atom is -0.379 e. The molecule has 1 heterocycles. The van der Waals surface area contributed by atoms with Gasteiger partial charge in [-0.3, -0.25) is 15.2 Å². The highest BCUT2D eigenvalue weighted by Gasteiger charge is 2.21. The highest BCUT2D eigenvalue weighted by atomic mass is 32.2. The zero-order valence-corrected chi connectivity index (χ0v) is 23.3. The Balaban J connectivity index is 0. The second-order valence-corrected chi connectivity index (χ2v) is 8.99. The summed E-state index contributed by atoms with van der Waals surface area (Å²) in [5.74, 6) is 1.72. The largest absolute Gasteiger partial charge is 0.379 e. The van der Waals surface area contributed by atoms with E-state index in [9.17, 15) is 5.11 Å². The summed E-state index contributed by atoms with van der Waals surface area (Å²) >= 11 is 1.65. The van der Waals surface area contributed by atoms with Crippen LogP contribution < -0.4 is 5.32 Å². The van der Waals surface area contributed by atoms with Crippen molar-refractivity contribution in [2.24, 2.45) is 10.9 Å². The third kappa shape index (κ3) is 17.8. The zero-order valence-electron chi connectivity index (χ0n) is 22.5. The van der Waals surface area contributed by atoms with Crippen LogP contribution in [0.3, 0.4) is 0 Å². The van der Waals surface area contributed by atoms with Crippen molar-refractivity contribution in [2.75, 3.05) is 39.1 Å². The minimum absolute atomic E-state index is 0.463. The van der Waals surface area contributed by atoms with Gasteiger partial charge in [-0.15, -0.1) is 12.8 Å². The van der Waals surface area contributed by atoms with Crippen molar-refractivity contribution in [2.45, 2.75) is 85.9 Å². The zero-order chi connectivity index (χ0) is 25.5. The van der Waals surface area contributed by atoms with Crippen molar-refractivity contribution < 1.29 is 5.11 Å². The van der Waals surface area contributed by atoms with Gasteiger partial charge in [0.05, 0.1) is 5.88 Å². The van der Waals surface area contributed by atoms with E-state index in [2.05, 4.69) is 78.0 Å². The number of piperazine rings is 1. The monoisotopic (exact) mass is 480 g/mol. The number of nitrogens with one attached hydrogen (secondary N) is 1. The smallest absolute Gasteiger partial charge is 0.160 e. The molecule has 6 heteroatoms. The molecule has 1 aliphatic carbocycles. The van der Waals surface area contributed by atoms with Gasteiger partial charge in [0.2, 0.25) is 0 Å². The van der Waals surface area contributed by atoms with E-state index in [0.29, 0.717) is 11.9 Å². The number of aliphatic imine (C=N–C) groups is 1. The molecule has 0 spiro atoms. The van der Waals surface area contributed by atoms with E-state index in [4.69, 9.17) is 0 Å². The van der Waals surface area contributed by atoms with Gasteiger partial charge in [0.1, 0.15) is 6.23 Å². The van der Waals surface area contributed by atoms with Gasteiger partial charge in [-0.05, 0) is 26.2 Å². The number of allylic oxidation sites excluding steroid dienone is 3. The SMILES string of the molecule is C#C.CC.CC/C=C\C=C/C(C)N1CCN(C(=NC)SCNC(C)O)CC1.CC1CCCC1. The van der Waals surface area contributed by atoms with Crippen LogP contribution in [-0.4, -0.2) is 71.4 Å². The average Bonchev–Trinajstić information content (AvgIpc) is 3.33. The van der Waals surface area contributed by atoms with Gasteiger partial charge < -0.3 is 10.0 Å². The first kappa shape index (κ1) is 33.9. The van der Waals surface area contributed by atoms with Crippen LogP contribution in [0.4, 0.5) is 0 Å². The van der Waals surface area contributed by atoms with Crippen molar-refractivity contribution in [1.29, 1.82) is 0 Å². The van der Waals surface area contributed by atoms with Crippen molar-refractivity contribution >= 4 is 16.9 Å². The fourth-order valence-corrected chi connectivity index (χ4v) is 4.48. The summed E-state index contributed by atoms with van der Waals surface area (Å²) in [6.45, 7) is 16.6. The quantitative estimate of drug-likeness (QED) is 0.163. The molecule has 0 aromatic heterocycles. The first-order chi connectivity index (χ1) is 16.0. The summed E-state index contributed by atoms with van der Waals surface area (Å²) in [7, 11) is 1.84. The molecule has 0 bridgehead atoms. The van der Waals surface area contributed by atoms with Gasteiger partial charge in [0.25, 0.3) is 0 Å². The summed E-state index contributed by atoms with van der Waals surface area (Å²) in [4.78, 5) is 9.22. The predicted octanol–water partition coefficient (Wildman–Crippen LogP) is 5.59. The van der Waals surface area contributed by atoms with E-state index in [1.165, 1.54) is 25.7 Å². The van der Waals surface area contributed by atoms with Crippen molar-refractivity contribution in [3.05, 3.63) is 24.3 Å². The number of thioether (sulfide) groups is 1. The first-order valence-corrected chi connectivity index (χ1v) is 13.6. The highest BCUT2D eigenvalue weighted by Crippen LogP contribution is 2.23. The summed E-state index contributed by atoms with van der Waals surface area (Å²) in [6, 6.07) is 0.463. The van der Waals surface area contributed by atoms with Crippen LogP contribution in [0, 0.1) is 18.8 Å². The Morgan fingerprint density at radius 3 is 2.12 bits per heavy atom. The van der Waals surface area contributed by atoms with Crippen LogP contribution >= 0.6 is 11.8 Å². The first-order valence-electron chi connectivity index (χ1n) is 12.6. The molecule has 0 radical (unpaired) electrons. The van der Waals surface area contributed by atoms with Gasteiger partial charge >= 0.3 is 0 Å². The van der Waals surface area contributed by atoms with E-state index in [-0.39, 0.29) is 0 Å². The predicted molar refractivity (Wildman–Crippen MR) is 151 cm³/mol. The fraction of sp³-hybridized carbons (Fsp3) is 0.741. The molecule has 2 fully saturated rings. The molecule has 1 saturated heterocycles. The van der Waals surface area contributed by atoms with Crippen molar-refractivity contribution in [3.8, 4) is 12.8 Å². The van der Waals surface area contributed by atoms with Gasteiger partial charge in [0.15, 0.2) is 5.17 Å². The summed E-state index contributed by atoms with van der Waals surface area (Å²) in [6.07, 6.45) is 23.3. The fourth-order valence-electron chi connectivity index (χ4n) is 3.54. The molecule has 2 N–H and O–H groups in total. The minimum atomic E-state index is -0.480. The molecule has 2 aliphatic rings. The molecular weight excluding hydrogens is 428 g/mol. The molecule has 5 nitrogen and oxygen atoms in total. The molecule has 0 aromatic carbocycles. The second-order valence-electron chi connectivity index (χ2n) is 8.05. The molecule has 0 aromatic rings. The lowest BCUT2D eigenvalue weighted by Gasteiger charge is -2.38. The third-order valence-corrected chi connectivity index (χ3v) is 6.46. The van der Waals surface area contributed by atoms with Crippen LogP contribution in [0.1, 0.15) is 73.6 Å². The number of hydrogen-bond acceptors (Lipinski definition) is 5. The third-order valence-electron chi connectivity index (χ3n) is 5.45. The molecule has 33 heavy (non-hydrogen) atoms. The maximum atomic E-state index is 9.25. The molecule has 0 amide bonds. The molecule has 1 aliphatic heterocycles. The Hall–Kier alpha value is -1.26. The van der Waals surface area contributed by atoms with Crippen molar-refractivity contribution in [3.63, 3.8) is 0 Å². The van der Waals surface area contributed by atoms with Crippen LogP contribution in [0.2, 0.25) is 0 Å². The van der Waals surface area contributed by atoms with Crippen LogP contribution in [0.5, 0.6) is 0 Å². The lowest BCUT2D eigenvalue weighted by molar-refractivity contribution is 0.162. The normalized spacial score (nSPS) is 19.2. The Bertz CT molecular complexity index is 531. The van der Waals surface area contributed by atoms with Crippen LogP contribution in [0.15, 0.2) is 29.3 Å². The van der Waals surface area contributed by atoms with Crippen LogP contribution in [-0.2, 0) is 0 Å². The highest BCUT2D eigenvalue weighted by molar-refractivity contribution is 8.13. The maximum Gasteiger partial charge on any atom is 0.160 e. The number of hydrogen-bond donors (Lipinski definition) is 2. The topological polar surface area (TPSA) is 51.1 Å². The average molecular weight is 481 g/mol. The summed E-state index contributed by atoms with van der Waals surface area (Å²) in [5, 5.41) is 13.3. The van der Waals surface area contributed by atoms with Gasteiger partial charge in [-0.2, -0.15) is 0 Å². The van der Waals surface area contributed by atoms with E-state index in [1.807, 2.05) is 20.9 Å². The second kappa shape index (κ2) is 23.9. The lowest BCUT2D eigenvalue weighted by Crippen LogP contribution is -2.50. The van der Waals surface area contributed by atoms with E-state index >= 15 is 0 Å². The maximum absolute atomic E-state index is 9.25. The number of nitrogens with zero attached hydrogens (tertiary/aromatic N) is 3. The standard InChI is InChI=1S/C17H32N4OS.C6H12.C2H6.C2H2/c1-5-6-7-8-9-15(2)20-10-12-21(13-11-20)17(18-4)23-14-19-16(3)22;1-6-4-2-3-5-6;2*1-2/h6-9,15-16,19,22H,5,10-14H2,1-4H3;6H,2-5H2,1H3;1-2H3;1-2H/b7-6-,9-8-,18-17?;;;. The molecule has 1 saturated carbocycles. The van der Waals surface area contributed by atoms with E-state index < -0.39 is 6.23 Å². The lowest BCUT2D eigenvalue weighted by atomic mass is 10.2. The van der Waals surface area contributed by atoms with E-state index in [0.717, 1.165) is 43.7 Å². The van der Waals surface area contributed by atoms with Gasteiger partial charge in [-0.1, -0.05) is 89.4 Å². The van der Waals surface area contributed by atoms with Gasteiger partial charge in [-0.25, -0.2) is 0 Å². The molecule has 2 unspecified atom stereocenters. The number of aliphatic hydroxyl groups is 1. The van der Waals surface area contributed by atoms with Crippen LogP contribution in [0.25, 0.3) is 0 Å². The summed E-state index contributed by atoms with van der Waals surface area (Å²) < 4.78 is 0. The number of rotatable bonds is 7. The molecule has 2 atom stereocenters. The number of aliphatic hydroxyl groups excluding tert-OH is 1. The van der Waals surface area contributed by atoms with Gasteiger partial charge in [0, 0.05) is 39.3 Å². The molecule has 2 rings (SSSR count). The Morgan fingerprint density at radius 1 is 1.12 bits per heavy atom. The van der Waals surface area contributed by atoms with Crippen molar-refractivity contribution in [1.82, 2.24) is 15.1 Å². The molecule has 192 valence electrons.